The van der Waals surface area contributed by atoms with Crippen molar-refractivity contribution in [1.29, 1.82) is 0 Å². The van der Waals surface area contributed by atoms with Crippen molar-refractivity contribution in [3.05, 3.63) is 91.1 Å². The van der Waals surface area contributed by atoms with E-state index in [0.29, 0.717) is 11.6 Å². The van der Waals surface area contributed by atoms with Gasteiger partial charge in [-0.2, -0.15) is 13.2 Å². The van der Waals surface area contributed by atoms with Crippen molar-refractivity contribution >= 4 is 23.5 Å². The van der Waals surface area contributed by atoms with Crippen LogP contribution in [0.5, 0.6) is 0 Å². The highest BCUT2D eigenvalue weighted by Crippen LogP contribution is 2.36. The number of carbonyl (C=O) groups excluding carboxylic acids is 2. The number of aryl methyl sites for hydroxylation is 3. The lowest BCUT2D eigenvalue weighted by atomic mass is 9.91. The number of hydrogen-bond donors (Lipinski definition) is 1. The molecule has 2 atom stereocenters. The predicted molar refractivity (Wildman–Crippen MR) is 180 cm³/mol. The van der Waals surface area contributed by atoms with Crippen molar-refractivity contribution in [3.8, 4) is 11.1 Å². The molecule has 0 bridgehead atoms. The number of benzene rings is 2. The monoisotopic (exact) mass is 693 g/mol. The molecule has 0 spiro atoms. The summed E-state index contributed by atoms with van der Waals surface area (Å²) in [6, 6.07) is 4.91. The zero-order valence-electron chi connectivity index (χ0n) is 28.6. The Balaban J connectivity index is 2.18. The van der Waals surface area contributed by atoms with Gasteiger partial charge < -0.3 is 19.5 Å². The van der Waals surface area contributed by atoms with E-state index in [1.165, 1.54) is 12.1 Å². The highest BCUT2D eigenvalue weighted by atomic mass is 35.5. The zero-order valence-corrected chi connectivity index (χ0v) is 29.4. The third-order valence-electron chi connectivity index (χ3n) is 8.02. The van der Waals surface area contributed by atoms with Crippen molar-refractivity contribution in [2.45, 2.75) is 79.1 Å². The Labute approximate surface area is 284 Å². The minimum atomic E-state index is -4.78. The minimum Gasteiger partial charge on any atom is -0.466 e. The molecular formula is C36H44ClF4N3O4. The molecule has 0 fully saturated rings. The van der Waals surface area contributed by atoms with Crippen LogP contribution in [0.3, 0.4) is 0 Å². The second kappa shape index (κ2) is 16.1. The number of pyridine rings is 1. The van der Waals surface area contributed by atoms with Crippen molar-refractivity contribution in [2.24, 2.45) is 5.92 Å². The molecule has 3 aromatic rings. The van der Waals surface area contributed by atoms with Gasteiger partial charge in [0.1, 0.15) is 11.9 Å². The molecule has 0 saturated heterocycles. The molecule has 0 saturated carbocycles. The fourth-order valence-corrected chi connectivity index (χ4v) is 6.20. The smallest absolute Gasteiger partial charge is 0.416 e. The van der Waals surface area contributed by atoms with E-state index in [-0.39, 0.29) is 48.1 Å². The maximum atomic E-state index is 15.9. The fourth-order valence-electron chi connectivity index (χ4n) is 5.97. The molecule has 1 aromatic heterocycles. The number of alkyl halides is 3. The molecule has 7 nitrogen and oxygen atoms in total. The van der Waals surface area contributed by atoms with E-state index in [4.69, 9.17) is 16.3 Å². The SMILES string of the molecule is CCOC(=O)CC(NC(=O)C(CC(C)C)n1cc(CCN(C)C)c(C(F)(F)F)cc1=O)c1cc(-c2c(C)cc(C)cc2C)cc(Cl)c1F. The van der Waals surface area contributed by atoms with Crippen LogP contribution in [0.1, 0.15) is 79.1 Å². The predicted octanol–water partition coefficient (Wildman–Crippen LogP) is 7.75. The summed E-state index contributed by atoms with van der Waals surface area (Å²) in [5, 5.41) is 2.50. The maximum absolute atomic E-state index is 15.9. The lowest BCUT2D eigenvalue weighted by molar-refractivity contribution is -0.144. The van der Waals surface area contributed by atoms with E-state index in [2.05, 4.69) is 5.32 Å². The minimum absolute atomic E-state index is 0.0298. The third-order valence-corrected chi connectivity index (χ3v) is 8.30. The second-order valence-electron chi connectivity index (χ2n) is 12.9. The first-order chi connectivity index (χ1) is 22.3. The van der Waals surface area contributed by atoms with Crippen LogP contribution in [-0.2, 0) is 26.9 Å². The number of ether oxygens (including phenoxy) is 1. The first-order valence-corrected chi connectivity index (χ1v) is 16.2. The van der Waals surface area contributed by atoms with Crippen molar-refractivity contribution in [3.63, 3.8) is 0 Å². The molecule has 262 valence electrons. The van der Waals surface area contributed by atoms with Gasteiger partial charge in [-0.15, -0.1) is 0 Å². The molecule has 0 aliphatic heterocycles. The Hall–Kier alpha value is -3.70. The van der Waals surface area contributed by atoms with Crippen LogP contribution in [-0.4, -0.2) is 48.6 Å². The van der Waals surface area contributed by atoms with Crippen LogP contribution in [0.2, 0.25) is 5.02 Å². The van der Waals surface area contributed by atoms with Gasteiger partial charge in [0.2, 0.25) is 5.91 Å². The molecule has 12 heteroatoms. The van der Waals surface area contributed by atoms with E-state index >= 15 is 4.39 Å². The molecule has 1 amide bonds. The summed E-state index contributed by atoms with van der Waals surface area (Å²) in [4.78, 5) is 41.8. The summed E-state index contributed by atoms with van der Waals surface area (Å²) in [5.74, 6) is -2.52. The Bertz CT molecular complexity index is 1680. The standard InChI is InChI=1S/C36H44ClF4N3O4/c1-9-48-32(46)18-29(26-15-25(16-28(37)34(26)38)33-22(5)13-21(4)14-23(33)6)42-35(47)30(12-20(2)3)44-19-24(10-11-43(7)8)27(17-31(44)45)36(39,40)41/h13-17,19-20,29-30H,9-12,18H2,1-8H3,(H,42,47). The van der Waals surface area contributed by atoms with Gasteiger partial charge in [-0.1, -0.05) is 43.1 Å². The average Bonchev–Trinajstić information content (AvgIpc) is 2.95. The number of nitrogens with zero attached hydrogens (tertiary/aromatic N) is 2. The Morgan fingerprint density at radius 3 is 2.21 bits per heavy atom. The number of nitrogens with one attached hydrogen (secondary N) is 1. The largest absolute Gasteiger partial charge is 0.466 e. The van der Waals surface area contributed by atoms with E-state index in [0.717, 1.165) is 33.0 Å². The van der Waals surface area contributed by atoms with Crippen LogP contribution in [0, 0.1) is 32.5 Å². The summed E-state index contributed by atoms with van der Waals surface area (Å²) in [5.41, 5.74) is 1.94. The summed E-state index contributed by atoms with van der Waals surface area (Å²) >= 11 is 6.41. The highest BCUT2D eigenvalue weighted by Gasteiger charge is 2.36. The Morgan fingerprint density at radius 1 is 1.04 bits per heavy atom. The van der Waals surface area contributed by atoms with Gasteiger partial charge >= 0.3 is 12.1 Å². The van der Waals surface area contributed by atoms with E-state index in [1.54, 1.807) is 39.8 Å². The van der Waals surface area contributed by atoms with Crippen LogP contribution in [0.4, 0.5) is 17.6 Å². The lowest BCUT2D eigenvalue weighted by Crippen LogP contribution is -2.41. The second-order valence-corrected chi connectivity index (χ2v) is 13.3. The number of aromatic nitrogens is 1. The van der Waals surface area contributed by atoms with Gasteiger partial charge in [-0.05, 0) is 100 Å². The summed E-state index contributed by atoms with van der Waals surface area (Å²) < 4.78 is 63.9. The number of amides is 1. The number of esters is 1. The molecule has 2 aromatic carbocycles. The molecule has 0 aliphatic carbocycles. The summed E-state index contributed by atoms with van der Waals surface area (Å²) in [6.45, 7) is 11.3. The lowest BCUT2D eigenvalue weighted by Gasteiger charge is -2.27. The quantitative estimate of drug-likeness (QED) is 0.146. The van der Waals surface area contributed by atoms with Crippen LogP contribution in [0.25, 0.3) is 11.1 Å². The fraction of sp³-hybridized carbons (Fsp3) is 0.472. The summed E-state index contributed by atoms with van der Waals surface area (Å²) in [7, 11) is 3.42. The van der Waals surface area contributed by atoms with Crippen molar-refractivity contribution < 1.29 is 31.9 Å². The average molecular weight is 694 g/mol. The van der Waals surface area contributed by atoms with Gasteiger partial charge in [0.25, 0.3) is 5.56 Å². The molecule has 1 heterocycles. The molecule has 1 N–H and O–H groups in total. The van der Waals surface area contributed by atoms with Crippen LogP contribution < -0.4 is 10.9 Å². The number of carbonyl (C=O) groups is 2. The number of hydrogen-bond acceptors (Lipinski definition) is 5. The van der Waals surface area contributed by atoms with Gasteiger partial charge in [-0.3, -0.25) is 14.4 Å². The molecule has 2 unspecified atom stereocenters. The van der Waals surface area contributed by atoms with Crippen molar-refractivity contribution in [1.82, 2.24) is 14.8 Å². The Kier molecular flexibility index (Phi) is 13.0. The number of rotatable bonds is 13. The van der Waals surface area contributed by atoms with Gasteiger partial charge in [0.15, 0.2) is 0 Å². The molecule has 3 rings (SSSR count). The normalized spacial score (nSPS) is 13.1. The van der Waals surface area contributed by atoms with Crippen LogP contribution in [0.15, 0.2) is 41.3 Å². The van der Waals surface area contributed by atoms with Gasteiger partial charge in [0, 0.05) is 24.4 Å². The van der Waals surface area contributed by atoms with Gasteiger partial charge in [0.05, 0.1) is 29.7 Å². The van der Waals surface area contributed by atoms with E-state index in [1.807, 2.05) is 32.9 Å². The maximum Gasteiger partial charge on any atom is 0.416 e. The zero-order chi connectivity index (χ0) is 36.1. The molecule has 48 heavy (non-hydrogen) atoms. The number of halogens is 5. The van der Waals surface area contributed by atoms with Crippen molar-refractivity contribution in [2.75, 3.05) is 27.2 Å². The number of likely N-dealkylation sites (N-methyl/N-ethyl adjacent to an activating group) is 1. The third kappa shape index (κ3) is 9.69. The van der Waals surface area contributed by atoms with E-state index < -0.39 is 53.5 Å². The van der Waals surface area contributed by atoms with Crippen LogP contribution >= 0.6 is 11.6 Å². The molecule has 0 aliphatic rings. The first-order valence-electron chi connectivity index (χ1n) is 15.8. The first kappa shape index (κ1) is 38.7. The van der Waals surface area contributed by atoms with Gasteiger partial charge in [-0.25, -0.2) is 4.39 Å². The molecule has 0 radical (unpaired) electrons. The Morgan fingerprint density at radius 2 is 1.67 bits per heavy atom. The molecular weight excluding hydrogens is 650 g/mol. The topological polar surface area (TPSA) is 80.6 Å². The summed E-state index contributed by atoms with van der Waals surface area (Å²) in [6.07, 6.45) is -4.12. The highest BCUT2D eigenvalue weighted by molar-refractivity contribution is 6.31. The van der Waals surface area contributed by atoms with E-state index in [9.17, 15) is 27.6 Å².